The Kier molecular flexibility index (Phi) is 8.11. The van der Waals surface area contributed by atoms with E-state index in [9.17, 15) is 4.79 Å². The van der Waals surface area contributed by atoms with Gasteiger partial charge in [0.25, 0.3) is 0 Å². The average molecular weight is 521 g/mol. The Morgan fingerprint density at radius 2 is 1.84 bits per heavy atom. The number of carbonyl (C=O) groups is 1. The van der Waals surface area contributed by atoms with Gasteiger partial charge in [0, 0.05) is 34.2 Å². The van der Waals surface area contributed by atoms with E-state index >= 15 is 0 Å². The first kappa shape index (κ1) is 25.3. The largest absolute Gasteiger partial charge is 0.492 e. The lowest BCUT2D eigenvalue weighted by Gasteiger charge is -2.39. The lowest BCUT2D eigenvalue weighted by Crippen LogP contribution is -2.45. The summed E-state index contributed by atoms with van der Waals surface area (Å²) in [6.07, 6.45) is 1.89. The number of nitrogens with zero attached hydrogens (tertiary/aromatic N) is 1. The van der Waals surface area contributed by atoms with Gasteiger partial charge >= 0.3 is 5.97 Å². The molecule has 174 valence electrons. The van der Waals surface area contributed by atoms with Crippen LogP contribution in [0.25, 0.3) is 0 Å². The van der Waals surface area contributed by atoms with Crippen LogP contribution in [-0.2, 0) is 16.8 Å². The molecule has 0 amide bonds. The molecule has 1 N–H and O–H groups in total. The molecule has 2 aliphatic heterocycles. The van der Waals surface area contributed by atoms with Crippen LogP contribution in [0, 0.1) is 5.92 Å². The highest BCUT2D eigenvalue weighted by Crippen LogP contribution is 2.47. The third-order valence-electron chi connectivity index (χ3n) is 6.28. The van der Waals surface area contributed by atoms with Gasteiger partial charge in [0.05, 0.1) is 22.6 Å². The van der Waals surface area contributed by atoms with Crippen molar-refractivity contribution in [3.63, 3.8) is 0 Å². The second-order valence-electron chi connectivity index (χ2n) is 8.40. The van der Waals surface area contributed by atoms with Crippen LogP contribution in [0.1, 0.15) is 30.9 Å². The van der Waals surface area contributed by atoms with Crippen LogP contribution in [0.4, 0.5) is 0 Å². The van der Waals surface area contributed by atoms with E-state index in [1.54, 1.807) is 19.1 Å². The van der Waals surface area contributed by atoms with Crippen molar-refractivity contribution in [2.45, 2.75) is 31.8 Å². The van der Waals surface area contributed by atoms with Gasteiger partial charge in [-0.1, -0.05) is 47.8 Å². The van der Waals surface area contributed by atoms with Gasteiger partial charge in [0.2, 0.25) is 0 Å². The second kappa shape index (κ2) is 10.3. The van der Waals surface area contributed by atoms with Gasteiger partial charge in [-0.25, -0.2) is 0 Å². The predicted octanol–water partition coefficient (Wildman–Crippen LogP) is 6.09. The van der Waals surface area contributed by atoms with Crippen molar-refractivity contribution >= 4 is 53.2 Å². The summed E-state index contributed by atoms with van der Waals surface area (Å²) in [4.78, 5) is 13.4. The molecule has 9 heteroatoms. The molecule has 1 atom stereocenters. The van der Waals surface area contributed by atoms with E-state index in [1.165, 1.54) is 5.56 Å². The molecule has 0 radical (unpaired) electrons. The lowest BCUT2D eigenvalue weighted by atomic mass is 9.74. The number of aliphatic carboxylic acids is 1. The number of halogens is 4. The van der Waals surface area contributed by atoms with Crippen LogP contribution in [0.5, 0.6) is 11.5 Å². The highest BCUT2D eigenvalue weighted by atomic mass is 35.5. The van der Waals surface area contributed by atoms with E-state index < -0.39 is 5.97 Å². The van der Waals surface area contributed by atoms with Crippen LogP contribution >= 0.6 is 47.2 Å². The molecule has 2 aromatic rings. The van der Waals surface area contributed by atoms with E-state index in [4.69, 9.17) is 49.4 Å². The van der Waals surface area contributed by atoms with Crippen molar-refractivity contribution in [2.75, 3.05) is 26.2 Å². The fraction of sp³-hybridized carbons (Fsp3) is 0.435. The normalized spacial score (nSPS) is 17.9. The van der Waals surface area contributed by atoms with Crippen molar-refractivity contribution in [2.24, 2.45) is 5.92 Å². The Balaban J connectivity index is 0.00000289. The number of fused-ring (bicyclic) bond motifs is 2. The molecule has 5 nitrogen and oxygen atoms in total. The number of piperidine rings is 1. The number of hydrogen-bond acceptors (Lipinski definition) is 4. The zero-order valence-corrected chi connectivity index (χ0v) is 20.7. The minimum absolute atomic E-state index is 0. The Hall–Kier alpha value is -1.37. The SMILES string of the molecule is CC(CN1CCC2(CC1)COc1cc(OCc3c(Cl)cc(Cl)cc3Cl)ccc12)C(=O)O.Cl. The summed E-state index contributed by atoms with van der Waals surface area (Å²) >= 11 is 18.5. The summed E-state index contributed by atoms with van der Waals surface area (Å²) in [5.74, 6) is 0.427. The first-order chi connectivity index (χ1) is 14.8. The van der Waals surface area contributed by atoms with E-state index in [0.29, 0.717) is 39.5 Å². The summed E-state index contributed by atoms with van der Waals surface area (Å²) in [7, 11) is 0. The van der Waals surface area contributed by atoms with Gasteiger partial charge in [-0.2, -0.15) is 0 Å². The molecule has 2 heterocycles. The smallest absolute Gasteiger partial charge is 0.307 e. The van der Waals surface area contributed by atoms with E-state index in [1.807, 2.05) is 12.1 Å². The molecular formula is C23H25Cl4NO4. The molecule has 0 aliphatic carbocycles. The molecular weight excluding hydrogens is 496 g/mol. The minimum atomic E-state index is -0.747. The van der Waals surface area contributed by atoms with Gasteiger partial charge in [0.15, 0.2) is 0 Å². The van der Waals surface area contributed by atoms with Crippen molar-refractivity contribution in [3.05, 3.63) is 56.5 Å². The quantitative estimate of drug-likeness (QED) is 0.499. The Morgan fingerprint density at radius 3 is 2.47 bits per heavy atom. The monoisotopic (exact) mass is 519 g/mol. The maximum Gasteiger partial charge on any atom is 0.307 e. The summed E-state index contributed by atoms with van der Waals surface area (Å²) in [6, 6.07) is 9.24. The Bertz CT molecular complexity index is 969. The number of benzene rings is 2. The summed E-state index contributed by atoms with van der Waals surface area (Å²) in [5, 5.41) is 10.6. The molecule has 2 aromatic carbocycles. The van der Waals surface area contributed by atoms with Crippen LogP contribution in [0.2, 0.25) is 15.1 Å². The first-order valence-corrected chi connectivity index (χ1v) is 11.4. The number of rotatable bonds is 6. The fourth-order valence-electron chi connectivity index (χ4n) is 4.35. The molecule has 1 unspecified atom stereocenters. The number of carboxylic acid groups (broad SMARTS) is 1. The van der Waals surface area contributed by atoms with Crippen molar-refractivity contribution in [1.82, 2.24) is 4.90 Å². The highest BCUT2D eigenvalue weighted by Gasteiger charge is 2.43. The predicted molar refractivity (Wildman–Crippen MR) is 129 cm³/mol. The number of carboxylic acids is 1. The number of likely N-dealkylation sites (tertiary alicyclic amines) is 1. The van der Waals surface area contributed by atoms with Crippen LogP contribution in [0.3, 0.4) is 0 Å². The summed E-state index contributed by atoms with van der Waals surface area (Å²) in [6.45, 7) is 4.95. The third-order valence-corrected chi connectivity index (χ3v) is 7.18. The molecule has 0 bridgehead atoms. The van der Waals surface area contributed by atoms with E-state index in [2.05, 4.69) is 11.0 Å². The van der Waals surface area contributed by atoms with Gasteiger partial charge in [-0.3, -0.25) is 4.79 Å². The molecule has 1 saturated heterocycles. The van der Waals surface area contributed by atoms with Crippen molar-refractivity contribution in [3.8, 4) is 11.5 Å². The molecule has 0 saturated carbocycles. The van der Waals surface area contributed by atoms with Crippen molar-refractivity contribution in [1.29, 1.82) is 0 Å². The fourth-order valence-corrected chi connectivity index (χ4v) is 5.28. The number of ether oxygens (including phenoxy) is 2. The van der Waals surface area contributed by atoms with Gasteiger partial charge in [0.1, 0.15) is 18.1 Å². The Morgan fingerprint density at radius 1 is 1.19 bits per heavy atom. The molecule has 1 spiro atoms. The van der Waals surface area contributed by atoms with E-state index in [-0.39, 0.29) is 30.3 Å². The number of hydrogen-bond donors (Lipinski definition) is 1. The zero-order valence-electron chi connectivity index (χ0n) is 17.6. The lowest BCUT2D eigenvalue weighted by molar-refractivity contribution is -0.141. The van der Waals surface area contributed by atoms with Crippen LogP contribution in [0.15, 0.2) is 30.3 Å². The van der Waals surface area contributed by atoms with Gasteiger partial charge in [-0.05, 0) is 44.1 Å². The maximum atomic E-state index is 11.1. The average Bonchev–Trinajstić information content (AvgIpc) is 3.06. The summed E-state index contributed by atoms with van der Waals surface area (Å²) in [5.41, 5.74) is 1.88. The maximum absolute atomic E-state index is 11.1. The Labute approximate surface area is 208 Å². The highest BCUT2D eigenvalue weighted by molar-refractivity contribution is 6.39. The zero-order chi connectivity index (χ0) is 22.2. The topological polar surface area (TPSA) is 59.0 Å². The molecule has 2 aliphatic rings. The third kappa shape index (κ3) is 5.23. The van der Waals surface area contributed by atoms with E-state index in [0.717, 1.165) is 31.7 Å². The first-order valence-electron chi connectivity index (χ1n) is 10.3. The molecule has 0 aromatic heterocycles. The minimum Gasteiger partial charge on any atom is -0.492 e. The molecule has 4 rings (SSSR count). The second-order valence-corrected chi connectivity index (χ2v) is 9.65. The van der Waals surface area contributed by atoms with Crippen molar-refractivity contribution < 1.29 is 19.4 Å². The standard InChI is InChI=1S/C23H24Cl3NO4.ClH/c1-14(22(28)29)11-27-6-4-23(5-7-27)13-31-21-10-16(2-3-18(21)23)30-12-17-19(25)8-15(24)9-20(17)26;/h2-3,8-10,14H,4-7,11-13H2,1H3,(H,28,29);1H. The summed E-state index contributed by atoms with van der Waals surface area (Å²) < 4.78 is 12.0. The van der Waals surface area contributed by atoms with Gasteiger partial charge < -0.3 is 19.5 Å². The molecule has 32 heavy (non-hydrogen) atoms. The molecule has 1 fully saturated rings. The van der Waals surface area contributed by atoms with Gasteiger partial charge in [-0.15, -0.1) is 12.4 Å². The van der Waals surface area contributed by atoms with Crippen LogP contribution in [-0.4, -0.2) is 42.2 Å². The van der Waals surface area contributed by atoms with Crippen LogP contribution < -0.4 is 9.47 Å².